The topological polar surface area (TPSA) is 63.7 Å². The van der Waals surface area contributed by atoms with Gasteiger partial charge in [0.15, 0.2) is 0 Å². The predicted molar refractivity (Wildman–Crippen MR) is 110 cm³/mol. The van der Waals surface area contributed by atoms with E-state index in [4.69, 9.17) is 9.47 Å². The number of likely N-dealkylation sites (tertiary alicyclic amines) is 1. The number of methoxy groups -OCH3 is 1. The number of hydrogen-bond acceptors (Lipinski definition) is 6. The van der Waals surface area contributed by atoms with Crippen molar-refractivity contribution in [2.45, 2.75) is 25.9 Å². The Morgan fingerprint density at radius 1 is 1.29 bits per heavy atom. The first-order chi connectivity index (χ1) is 13.7. The third-order valence-corrected chi connectivity index (χ3v) is 4.67. The van der Waals surface area contributed by atoms with E-state index in [9.17, 15) is 4.79 Å². The SMILES string of the molecule is CCOC(=O)C=Cc1ccc(N[C@@H]2CCN(Cc3ccc(OC)cc3)C2)nc1. The van der Waals surface area contributed by atoms with Crippen molar-refractivity contribution in [3.8, 4) is 5.75 Å². The third-order valence-electron chi connectivity index (χ3n) is 4.67. The van der Waals surface area contributed by atoms with Gasteiger partial charge in [0, 0.05) is 37.9 Å². The molecule has 6 nitrogen and oxygen atoms in total. The summed E-state index contributed by atoms with van der Waals surface area (Å²) in [7, 11) is 1.68. The lowest BCUT2D eigenvalue weighted by Crippen LogP contribution is -2.26. The second kappa shape index (κ2) is 9.90. The van der Waals surface area contributed by atoms with Gasteiger partial charge >= 0.3 is 5.97 Å². The Labute approximate surface area is 166 Å². The van der Waals surface area contributed by atoms with Crippen LogP contribution in [-0.4, -0.2) is 48.7 Å². The third kappa shape index (κ3) is 5.82. The van der Waals surface area contributed by atoms with Gasteiger partial charge in [0.2, 0.25) is 0 Å². The number of carbonyl (C=O) groups excluding carboxylic acids is 1. The van der Waals surface area contributed by atoms with E-state index in [-0.39, 0.29) is 5.97 Å². The second-order valence-electron chi connectivity index (χ2n) is 6.78. The van der Waals surface area contributed by atoms with Crippen molar-refractivity contribution in [3.05, 3.63) is 59.8 Å². The molecular formula is C22H27N3O3. The van der Waals surface area contributed by atoms with Crippen LogP contribution in [0.25, 0.3) is 6.08 Å². The number of rotatable bonds is 8. The van der Waals surface area contributed by atoms with E-state index in [1.54, 1.807) is 26.3 Å². The van der Waals surface area contributed by atoms with Crippen LogP contribution in [0.1, 0.15) is 24.5 Å². The maximum absolute atomic E-state index is 11.4. The average molecular weight is 381 g/mol. The molecule has 6 heteroatoms. The van der Waals surface area contributed by atoms with Crippen LogP contribution in [-0.2, 0) is 16.1 Å². The van der Waals surface area contributed by atoms with Gasteiger partial charge in [-0.3, -0.25) is 4.90 Å². The Hall–Kier alpha value is -2.86. The first-order valence-corrected chi connectivity index (χ1v) is 9.59. The fraction of sp³-hybridized carbons (Fsp3) is 0.364. The summed E-state index contributed by atoms with van der Waals surface area (Å²) in [5.41, 5.74) is 2.16. The minimum atomic E-state index is -0.340. The molecule has 28 heavy (non-hydrogen) atoms. The first kappa shape index (κ1) is 19.9. The summed E-state index contributed by atoms with van der Waals surface area (Å²) < 4.78 is 10.1. The Bertz CT molecular complexity index is 788. The van der Waals surface area contributed by atoms with Gasteiger partial charge in [-0.1, -0.05) is 12.1 Å². The van der Waals surface area contributed by atoms with E-state index in [1.165, 1.54) is 11.6 Å². The smallest absolute Gasteiger partial charge is 0.330 e. The Balaban J connectivity index is 1.47. The molecule has 0 radical (unpaired) electrons. The summed E-state index contributed by atoms with van der Waals surface area (Å²) in [5, 5.41) is 3.50. The van der Waals surface area contributed by atoms with Crippen LogP contribution in [0.5, 0.6) is 5.75 Å². The van der Waals surface area contributed by atoms with Crippen LogP contribution in [0.3, 0.4) is 0 Å². The van der Waals surface area contributed by atoms with E-state index < -0.39 is 0 Å². The van der Waals surface area contributed by atoms with E-state index >= 15 is 0 Å². The monoisotopic (exact) mass is 381 g/mol. The van der Waals surface area contributed by atoms with E-state index in [0.29, 0.717) is 12.6 Å². The number of ether oxygens (including phenoxy) is 2. The Morgan fingerprint density at radius 2 is 2.11 bits per heavy atom. The van der Waals surface area contributed by atoms with Crippen molar-refractivity contribution < 1.29 is 14.3 Å². The number of hydrogen-bond donors (Lipinski definition) is 1. The summed E-state index contributed by atoms with van der Waals surface area (Å²) in [6, 6.07) is 12.5. The number of pyridine rings is 1. The largest absolute Gasteiger partial charge is 0.497 e. The molecule has 1 aromatic carbocycles. The standard InChI is InChI=1S/C22H27N3O3/c1-3-28-22(26)11-7-17-6-10-21(23-14-17)24-19-12-13-25(16-19)15-18-4-8-20(27-2)9-5-18/h4-11,14,19H,3,12-13,15-16H2,1-2H3,(H,23,24)/t19-/m1/s1. The number of nitrogens with zero attached hydrogens (tertiary/aromatic N) is 2. The highest BCUT2D eigenvalue weighted by Gasteiger charge is 2.22. The zero-order chi connectivity index (χ0) is 19.8. The number of aromatic nitrogens is 1. The Kier molecular flexibility index (Phi) is 7.03. The van der Waals surface area contributed by atoms with E-state index in [1.807, 2.05) is 24.3 Å². The lowest BCUT2D eigenvalue weighted by Gasteiger charge is -2.17. The quantitative estimate of drug-likeness (QED) is 0.559. The van der Waals surface area contributed by atoms with Crippen LogP contribution in [0.2, 0.25) is 0 Å². The van der Waals surface area contributed by atoms with E-state index in [0.717, 1.165) is 43.2 Å². The molecule has 2 heterocycles. The van der Waals surface area contributed by atoms with Crippen LogP contribution >= 0.6 is 0 Å². The summed E-state index contributed by atoms with van der Waals surface area (Å²) in [6.07, 6.45) is 5.97. The molecule has 1 N–H and O–H groups in total. The minimum Gasteiger partial charge on any atom is -0.497 e. The lowest BCUT2D eigenvalue weighted by atomic mass is 10.2. The van der Waals surface area contributed by atoms with Crippen LogP contribution < -0.4 is 10.1 Å². The van der Waals surface area contributed by atoms with Gasteiger partial charge < -0.3 is 14.8 Å². The first-order valence-electron chi connectivity index (χ1n) is 9.59. The average Bonchev–Trinajstić information content (AvgIpc) is 3.15. The lowest BCUT2D eigenvalue weighted by molar-refractivity contribution is -0.137. The number of benzene rings is 1. The molecule has 0 unspecified atom stereocenters. The molecule has 1 saturated heterocycles. The maximum Gasteiger partial charge on any atom is 0.330 e. The molecule has 148 valence electrons. The van der Waals surface area contributed by atoms with Gasteiger partial charge in [-0.05, 0) is 54.8 Å². The molecule has 1 fully saturated rings. The van der Waals surface area contributed by atoms with Gasteiger partial charge in [0.1, 0.15) is 11.6 Å². The summed E-state index contributed by atoms with van der Waals surface area (Å²) >= 11 is 0. The molecule has 1 aliphatic rings. The molecule has 3 rings (SSSR count). The molecule has 1 aromatic heterocycles. The molecule has 0 spiro atoms. The van der Waals surface area contributed by atoms with Crippen molar-refractivity contribution in [3.63, 3.8) is 0 Å². The minimum absolute atomic E-state index is 0.340. The van der Waals surface area contributed by atoms with E-state index in [2.05, 4.69) is 27.3 Å². The number of carbonyl (C=O) groups is 1. The summed E-state index contributed by atoms with van der Waals surface area (Å²) in [6.45, 7) is 5.14. The fourth-order valence-electron chi connectivity index (χ4n) is 3.24. The predicted octanol–water partition coefficient (Wildman–Crippen LogP) is 3.35. The molecule has 0 bridgehead atoms. The zero-order valence-electron chi connectivity index (χ0n) is 16.4. The molecule has 0 saturated carbocycles. The Morgan fingerprint density at radius 3 is 2.79 bits per heavy atom. The highest BCUT2D eigenvalue weighted by molar-refractivity contribution is 5.86. The summed E-state index contributed by atoms with van der Waals surface area (Å²) in [5.74, 6) is 1.40. The van der Waals surface area contributed by atoms with Crippen molar-refractivity contribution in [2.24, 2.45) is 0 Å². The number of anilines is 1. The van der Waals surface area contributed by atoms with Crippen LogP contribution in [0.4, 0.5) is 5.82 Å². The van der Waals surface area contributed by atoms with Crippen molar-refractivity contribution in [1.82, 2.24) is 9.88 Å². The number of nitrogens with one attached hydrogen (secondary N) is 1. The highest BCUT2D eigenvalue weighted by atomic mass is 16.5. The molecule has 0 amide bonds. The molecule has 1 atom stereocenters. The molecule has 0 aliphatic carbocycles. The van der Waals surface area contributed by atoms with Gasteiger partial charge in [-0.15, -0.1) is 0 Å². The van der Waals surface area contributed by atoms with Crippen molar-refractivity contribution in [2.75, 3.05) is 32.1 Å². The zero-order valence-corrected chi connectivity index (χ0v) is 16.4. The summed E-state index contributed by atoms with van der Waals surface area (Å²) in [4.78, 5) is 18.2. The molecule has 2 aromatic rings. The molecular weight excluding hydrogens is 354 g/mol. The maximum atomic E-state index is 11.4. The van der Waals surface area contributed by atoms with Crippen LogP contribution in [0, 0.1) is 0 Å². The van der Waals surface area contributed by atoms with Gasteiger partial charge in [0.25, 0.3) is 0 Å². The van der Waals surface area contributed by atoms with Crippen molar-refractivity contribution in [1.29, 1.82) is 0 Å². The van der Waals surface area contributed by atoms with Gasteiger partial charge in [0.05, 0.1) is 13.7 Å². The van der Waals surface area contributed by atoms with Gasteiger partial charge in [-0.2, -0.15) is 0 Å². The molecule has 1 aliphatic heterocycles. The second-order valence-corrected chi connectivity index (χ2v) is 6.78. The highest BCUT2D eigenvalue weighted by Crippen LogP contribution is 2.19. The van der Waals surface area contributed by atoms with Gasteiger partial charge in [-0.25, -0.2) is 9.78 Å². The fourth-order valence-corrected chi connectivity index (χ4v) is 3.24. The number of esters is 1. The normalized spacial score (nSPS) is 17.0. The van der Waals surface area contributed by atoms with Crippen LogP contribution in [0.15, 0.2) is 48.7 Å². The van der Waals surface area contributed by atoms with Crippen molar-refractivity contribution >= 4 is 17.9 Å².